The Morgan fingerprint density at radius 1 is 1.06 bits per heavy atom. The number of pyridine rings is 2. The zero-order valence-corrected chi connectivity index (χ0v) is 28.6. The summed E-state index contributed by atoms with van der Waals surface area (Å²) in [7, 11) is 1.71. The highest BCUT2D eigenvalue weighted by Crippen LogP contribution is 2.51. The molecular weight excluding hydrogens is 668 g/mol. The van der Waals surface area contributed by atoms with E-state index < -0.39 is 5.76 Å². The molecule has 2 aliphatic heterocycles. The maximum absolute atomic E-state index is 14.3. The molecule has 0 radical (unpaired) electrons. The summed E-state index contributed by atoms with van der Waals surface area (Å²) in [5.41, 5.74) is 7.92. The van der Waals surface area contributed by atoms with Gasteiger partial charge in [0.15, 0.2) is 5.82 Å². The first-order valence-corrected chi connectivity index (χ1v) is 18.3. The van der Waals surface area contributed by atoms with Gasteiger partial charge in [-0.25, -0.2) is 14.2 Å². The number of anilines is 1. The summed E-state index contributed by atoms with van der Waals surface area (Å²) in [5, 5.41) is 8.89. The van der Waals surface area contributed by atoms with E-state index in [0.717, 1.165) is 87.6 Å². The lowest BCUT2D eigenvalue weighted by molar-refractivity contribution is 0.0776. The predicted octanol–water partition coefficient (Wildman–Crippen LogP) is 7.51. The van der Waals surface area contributed by atoms with Gasteiger partial charge in [0, 0.05) is 23.2 Å². The molecule has 4 aliphatic rings. The number of aryl methyl sites for hydroxylation is 1. The number of aromatic amines is 1. The van der Waals surface area contributed by atoms with Gasteiger partial charge in [-0.1, -0.05) is 23.4 Å². The number of rotatable bonds is 7. The predicted molar refractivity (Wildman–Crippen MR) is 191 cm³/mol. The van der Waals surface area contributed by atoms with Crippen LogP contribution in [0.1, 0.15) is 87.7 Å². The summed E-state index contributed by atoms with van der Waals surface area (Å²) in [6.45, 7) is 0.671. The highest BCUT2D eigenvalue weighted by Gasteiger charge is 2.45. The number of methoxy groups -OCH3 is 1. The molecule has 3 atom stereocenters. The molecule has 0 bridgehead atoms. The monoisotopic (exact) mass is 700 g/mol. The number of carbonyl (C=O) groups excluding carboxylic acids is 1. The molecule has 1 fully saturated rings. The number of thiophene rings is 1. The Labute approximate surface area is 295 Å². The Hall–Kier alpha value is -5.36. The van der Waals surface area contributed by atoms with Gasteiger partial charge in [-0.05, 0) is 109 Å². The third-order valence-corrected chi connectivity index (χ3v) is 12.4. The van der Waals surface area contributed by atoms with Crippen LogP contribution in [0.5, 0.6) is 5.75 Å². The quantitative estimate of drug-likeness (QED) is 0.175. The fraction of sp³-hybridized carbons (Fsp3) is 0.308. The van der Waals surface area contributed by atoms with Gasteiger partial charge in [0.05, 0.1) is 46.4 Å². The van der Waals surface area contributed by atoms with Crippen molar-refractivity contribution in [2.45, 2.75) is 62.9 Å². The molecule has 256 valence electrons. The summed E-state index contributed by atoms with van der Waals surface area (Å²) >= 11 is 1.56. The number of halogens is 1. The number of amides is 1. The van der Waals surface area contributed by atoms with Crippen molar-refractivity contribution in [3.05, 3.63) is 110 Å². The van der Waals surface area contributed by atoms with Gasteiger partial charge in [-0.3, -0.25) is 19.3 Å². The molecule has 10 nitrogen and oxygen atoms in total. The molecule has 10 rings (SSSR count). The van der Waals surface area contributed by atoms with Crippen molar-refractivity contribution in [2.75, 3.05) is 19.0 Å². The zero-order chi connectivity index (χ0) is 34.4. The molecule has 0 unspecified atom stereocenters. The fourth-order valence-corrected chi connectivity index (χ4v) is 10.1. The first-order valence-electron chi connectivity index (χ1n) is 17.5. The van der Waals surface area contributed by atoms with Crippen molar-refractivity contribution in [3.63, 3.8) is 0 Å². The summed E-state index contributed by atoms with van der Waals surface area (Å²) in [5.74, 6) is 1.02. The minimum absolute atomic E-state index is 0.0548. The van der Waals surface area contributed by atoms with Crippen LogP contribution in [-0.2, 0) is 19.3 Å². The second kappa shape index (κ2) is 11.6. The molecule has 6 aromatic rings. The van der Waals surface area contributed by atoms with E-state index in [0.29, 0.717) is 29.7 Å². The normalized spacial score (nSPS) is 20.2. The molecule has 12 heteroatoms. The molecule has 2 aliphatic carbocycles. The standard InChI is InChI=1S/C39H33FN6O4S/c1-49-29-6-2-4-24-25(29)11-12-26(24)43-37-35-21(13-14-41-37)18-30(51-35)32-31(36-44-39(48)50-45-36)27(17-20-8-7-19-16-22(40)9-10-23(19)20)42-34-28-5-3-15-46(28)38(47)33(32)34/h2,4,6,9-10,13-14,16,18,20,26,28H,3,5,7-8,11-12,15,17H2,1H3,(H,41,43)(H,44,45,48)/t20-,26+,28+/m0/s1. The summed E-state index contributed by atoms with van der Waals surface area (Å²) < 4.78 is 25.9. The van der Waals surface area contributed by atoms with Crippen molar-refractivity contribution in [1.82, 2.24) is 25.0 Å². The Kier molecular flexibility index (Phi) is 6.92. The zero-order valence-electron chi connectivity index (χ0n) is 27.8. The van der Waals surface area contributed by atoms with Crippen LogP contribution in [0.25, 0.3) is 31.9 Å². The summed E-state index contributed by atoms with van der Waals surface area (Å²) in [6.07, 6.45) is 7.55. The molecular formula is C39H33FN6O4S. The Morgan fingerprint density at radius 3 is 2.84 bits per heavy atom. The first kappa shape index (κ1) is 30.5. The second-order valence-corrected chi connectivity index (χ2v) is 15.0. The van der Waals surface area contributed by atoms with Gasteiger partial charge in [-0.15, -0.1) is 11.3 Å². The van der Waals surface area contributed by atoms with Crippen LogP contribution >= 0.6 is 11.3 Å². The van der Waals surface area contributed by atoms with Crippen molar-refractivity contribution in [3.8, 4) is 27.6 Å². The van der Waals surface area contributed by atoms with E-state index in [1.165, 1.54) is 17.2 Å². The van der Waals surface area contributed by atoms with Crippen molar-refractivity contribution in [2.24, 2.45) is 0 Å². The van der Waals surface area contributed by atoms with E-state index in [-0.39, 0.29) is 35.6 Å². The molecule has 0 saturated carbocycles. The Balaban J connectivity index is 1.15. The van der Waals surface area contributed by atoms with Crippen LogP contribution in [0.2, 0.25) is 0 Å². The average Bonchev–Trinajstić information content (AvgIpc) is 3.99. The third-order valence-electron chi connectivity index (χ3n) is 11.2. The maximum Gasteiger partial charge on any atom is 0.439 e. The van der Waals surface area contributed by atoms with Crippen LogP contribution in [-0.4, -0.2) is 44.6 Å². The number of ether oxygens (including phenoxy) is 1. The molecule has 6 heterocycles. The number of benzene rings is 2. The lowest BCUT2D eigenvalue weighted by Gasteiger charge is -2.19. The molecule has 1 amide bonds. The maximum atomic E-state index is 14.3. The van der Waals surface area contributed by atoms with Crippen molar-refractivity contribution >= 4 is 33.1 Å². The van der Waals surface area contributed by atoms with Crippen LogP contribution < -0.4 is 15.8 Å². The minimum atomic E-state index is -0.684. The molecule has 4 aromatic heterocycles. The third kappa shape index (κ3) is 4.76. The summed E-state index contributed by atoms with van der Waals surface area (Å²) in [4.78, 5) is 42.4. The van der Waals surface area contributed by atoms with Crippen LogP contribution in [0.4, 0.5) is 10.2 Å². The lowest BCUT2D eigenvalue weighted by Crippen LogP contribution is -2.22. The Morgan fingerprint density at radius 2 is 1.98 bits per heavy atom. The lowest BCUT2D eigenvalue weighted by atomic mass is 9.89. The van der Waals surface area contributed by atoms with Gasteiger partial charge in [0.2, 0.25) is 0 Å². The highest BCUT2D eigenvalue weighted by molar-refractivity contribution is 7.23. The van der Waals surface area contributed by atoms with Gasteiger partial charge >= 0.3 is 5.76 Å². The number of carbonyl (C=O) groups is 1. The molecule has 0 spiro atoms. The van der Waals surface area contributed by atoms with E-state index in [4.69, 9.17) is 19.2 Å². The number of hydrogen-bond acceptors (Lipinski definition) is 9. The van der Waals surface area contributed by atoms with Gasteiger partial charge < -0.3 is 15.0 Å². The summed E-state index contributed by atoms with van der Waals surface area (Å²) in [6, 6.07) is 15.2. The van der Waals surface area contributed by atoms with Crippen LogP contribution in [0, 0.1) is 5.82 Å². The number of aromatic nitrogens is 4. The molecule has 1 saturated heterocycles. The van der Waals surface area contributed by atoms with E-state index in [1.54, 1.807) is 24.5 Å². The van der Waals surface area contributed by atoms with E-state index in [9.17, 15) is 14.0 Å². The van der Waals surface area contributed by atoms with Gasteiger partial charge in [-0.2, -0.15) is 0 Å². The van der Waals surface area contributed by atoms with Gasteiger partial charge in [0.1, 0.15) is 17.4 Å². The van der Waals surface area contributed by atoms with Crippen LogP contribution in [0.15, 0.2) is 64.0 Å². The second-order valence-electron chi connectivity index (χ2n) is 13.9. The molecule has 51 heavy (non-hydrogen) atoms. The average molecular weight is 701 g/mol. The van der Waals surface area contributed by atoms with E-state index in [1.807, 2.05) is 35.4 Å². The van der Waals surface area contributed by atoms with Crippen LogP contribution in [0.3, 0.4) is 0 Å². The number of nitrogens with zero attached hydrogens (tertiary/aromatic N) is 4. The number of fused-ring (bicyclic) bond motifs is 6. The smallest absolute Gasteiger partial charge is 0.439 e. The minimum Gasteiger partial charge on any atom is -0.496 e. The molecule has 2 N–H and O–H groups in total. The number of nitrogens with one attached hydrogen (secondary N) is 2. The molecule has 2 aromatic carbocycles. The topological polar surface area (TPSA) is 126 Å². The Bertz CT molecular complexity index is 2470. The largest absolute Gasteiger partial charge is 0.496 e. The van der Waals surface area contributed by atoms with E-state index >= 15 is 0 Å². The number of hydrogen-bond donors (Lipinski definition) is 2. The fourth-order valence-electron chi connectivity index (χ4n) is 8.97. The first-order chi connectivity index (χ1) is 24.9. The highest BCUT2D eigenvalue weighted by atomic mass is 32.1. The van der Waals surface area contributed by atoms with E-state index in [2.05, 4.69) is 27.6 Å². The SMILES string of the molecule is COc1cccc2c1CC[C@H]2Nc1nccc2cc(-c3c4c(nc(C[C@@H]5CCc6cc(F)ccc65)c3-c3noc(=O)[nH]3)[C@H]3CCCN3C4=O)sc12. The van der Waals surface area contributed by atoms with Crippen molar-refractivity contribution in [1.29, 1.82) is 0 Å². The van der Waals surface area contributed by atoms with Gasteiger partial charge in [0.25, 0.3) is 5.91 Å². The van der Waals surface area contributed by atoms with Crippen molar-refractivity contribution < 1.29 is 18.4 Å². The number of H-pyrrole nitrogens is 1.